The molecule has 0 bridgehead atoms. The monoisotopic (exact) mass is 444 g/mol. The third-order valence-electron chi connectivity index (χ3n) is 7.93. The molecular weight excluding hydrogens is 412 g/mol. The number of carbonyl (C=O) groups is 1. The predicted molar refractivity (Wildman–Crippen MR) is 117 cm³/mol. The average molecular weight is 445 g/mol. The number of anilines is 1. The SMILES string of the molecule is CC[C@@H]1CN2CC[C@@]34OCO[C@@]3(Nc3cccc(OC)c34)[C@@H]2C[C@@H]1/C(=C\OC)C(=O)OC. The van der Waals surface area contributed by atoms with Crippen molar-refractivity contribution in [2.75, 3.05) is 46.5 Å². The Morgan fingerprint density at radius 1 is 1.31 bits per heavy atom. The number of ether oxygens (including phenoxy) is 5. The molecule has 1 N–H and O–H groups in total. The highest BCUT2D eigenvalue weighted by Crippen LogP contribution is 2.62. The third kappa shape index (κ3) is 2.75. The molecule has 0 radical (unpaired) electrons. The van der Waals surface area contributed by atoms with Crippen LogP contribution in [0.5, 0.6) is 5.75 Å². The molecule has 0 aromatic heterocycles. The number of piperidine rings is 2. The molecule has 0 amide bonds. The molecule has 5 atom stereocenters. The van der Waals surface area contributed by atoms with Gasteiger partial charge in [0.1, 0.15) is 5.75 Å². The summed E-state index contributed by atoms with van der Waals surface area (Å²) in [6, 6.07) is 6.03. The highest BCUT2D eigenvalue weighted by molar-refractivity contribution is 5.88. The van der Waals surface area contributed by atoms with Gasteiger partial charge in [0, 0.05) is 18.8 Å². The van der Waals surface area contributed by atoms with Gasteiger partial charge in [0.05, 0.1) is 44.8 Å². The Hall–Kier alpha value is -2.29. The molecule has 3 saturated heterocycles. The largest absolute Gasteiger partial charge is 0.504 e. The van der Waals surface area contributed by atoms with Crippen LogP contribution in [0.1, 0.15) is 31.7 Å². The van der Waals surface area contributed by atoms with Gasteiger partial charge in [-0.3, -0.25) is 4.90 Å². The summed E-state index contributed by atoms with van der Waals surface area (Å²) in [6.07, 6.45) is 4.05. The van der Waals surface area contributed by atoms with Crippen molar-refractivity contribution < 1.29 is 28.5 Å². The van der Waals surface area contributed by atoms with Crippen LogP contribution in [0.25, 0.3) is 0 Å². The second-order valence-electron chi connectivity index (χ2n) is 9.05. The number of fused-ring (bicyclic) bond motifs is 2. The predicted octanol–water partition coefficient (Wildman–Crippen LogP) is 2.84. The van der Waals surface area contributed by atoms with Crippen LogP contribution in [0.2, 0.25) is 0 Å². The summed E-state index contributed by atoms with van der Waals surface area (Å²) in [5.41, 5.74) is 1.24. The molecule has 0 aliphatic carbocycles. The standard InChI is InChI=1S/C24H32N2O6/c1-5-15-12-26-10-9-23-21-18(7-6-8-19(21)29-3)25-24(23,32-14-31-23)20(26)11-16(15)17(13-28-2)22(27)30-4/h6-8,13,15-16,20,25H,5,9-12,14H2,1-4H3/b17-13+/t15-,16+,20+,23+,24+/m1/s1. The lowest BCUT2D eigenvalue weighted by atomic mass is 9.67. The van der Waals surface area contributed by atoms with Crippen molar-refractivity contribution in [3.8, 4) is 5.75 Å². The lowest BCUT2D eigenvalue weighted by molar-refractivity contribution is -0.150. The molecule has 1 aromatic rings. The summed E-state index contributed by atoms with van der Waals surface area (Å²) in [6.45, 7) is 4.16. The van der Waals surface area contributed by atoms with E-state index >= 15 is 0 Å². The van der Waals surface area contributed by atoms with Crippen molar-refractivity contribution in [1.82, 2.24) is 4.90 Å². The van der Waals surface area contributed by atoms with E-state index in [1.807, 2.05) is 12.1 Å². The van der Waals surface area contributed by atoms with E-state index in [0.29, 0.717) is 11.5 Å². The van der Waals surface area contributed by atoms with Crippen LogP contribution in [-0.4, -0.2) is 63.8 Å². The van der Waals surface area contributed by atoms with Gasteiger partial charge in [0.15, 0.2) is 18.1 Å². The molecule has 8 nitrogen and oxygen atoms in total. The Balaban J connectivity index is 1.58. The zero-order valence-corrected chi connectivity index (χ0v) is 19.2. The average Bonchev–Trinajstić information content (AvgIpc) is 3.34. The molecule has 32 heavy (non-hydrogen) atoms. The molecule has 8 heteroatoms. The lowest BCUT2D eigenvalue weighted by Gasteiger charge is -2.56. The summed E-state index contributed by atoms with van der Waals surface area (Å²) >= 11 is 0. The first kappa shape index (κ1) is 21.6. The number of methoxy groups -OCH3 is 3. The minimum absolute atomic E-state index is 0.00423. The zero-order valence-electron chi connectivity index (χ0n) is 19.2. The fraction of sp³-hybridized carbons (Fsp3) is 0.625. The van der Waals surface area contributed by atoms with Crippen molar-refractivity contribution >= 4 is 11.7 Å². The van der Waals surface area contributed by atoms with Crippen molar-refractivity contribution in [3.05, 3.63) is 35.6 Å². The third-order valence-corrected chi connectivity index (χ3v) is 7.93. The Kier molecular flexibility index (Phi) is 5.34. The number of carbonyl (C=O) groups excluding carboxylic acids is 1. The van der Waals surface area contributed by atoms with E-state index < -0.39 is 11.3 Å². The molecule has 5 rings (SSSR count). The molecule has 0 spiro atoms. The van der Waals surface area contributed by atoms with Crippen molar-refractivity contribution in [2.24, 2.45) is 11.8 Å². The maximum Gasteiger partial charge on any atom is 0.337 e. The summed E-state index contributed by atoms with van der Waals surface area (Å²) in [7, 11) is 4.68. The van der Waals surface area contributed by atoms with Gasteiger partial charge in [-0.2, -0.15) is 0 Å². The summed E-state index contributed by atoms with van der Waals surface area (Å²) in [5, 5.41) is 3.71. The van der Waals surface area contributed by atoms with Gasteiger partial charge in [0.2, 0.25) is 0 Å². The fourth-order valence-electron chi connectivity index (χ4n) is 6.53. The Bertz CT molecular complexity index is 935. The highest BCUT2D eigenvalue weighted by Gasteiger charge is 2.72. The topological polar surface area (TPSA) is 78.5 Å². The van der Waals surface area contributed by atoms with Gasteiger partial charge in [-0.25, -0.2) is 4.79 Å². The number of nitrogens with zero attached hydrogens (tertiary/aromatic N) is 1. The zero-order chi connectivity index (χ0) is 22.5. The second-order valence-corrected chi connectivity index (χ2v) is 9.05. The first-order valence-electron chi connectivity index (χ1n) is 11.3. The quantitative estimate of drug-likeness (QED) is 0.422. The summed E-state index contributed by atoms with van der Waals surface area (Å²) in [4.78, 5) is 15.2. The maximum atomic E-state index is 12.7. The van der Waals surface area contributed by atoms with E-state index in [2.05, 4.69) is 23.2 Å². The van der Waals surface area contributed by atoms with Gasteiger partial charge < -0.3 is 29.0 Å². The van der Waals surface area contributed by atoms with Crippen LogP contribution in [0.15, 0.2) is 30.0 Å². The van der Waals surface area contributed by atoms with Crippen LogP contribution < -0.4 is 10.1 Å². The van der Waals surface area contributed by atoms with Gasteiger partial charge in [0.25, 0.3) is 0 Å². The number of hydrogen-bond acceptors (Lipinski definition) is 8. The van der Waals surface area contributed by atoms with E-state index in [1.54, 1.807) is 20.5 Å². The van der Waals surface area contributed by atoms with Gasteiger partial charge in [-0.1, -0.05) is 19.4 Å². The van der Waals surface area contributed by atoms with Crippen LogP contribution in [0.3, 0.4) is 0 Å². The van der Waals surface area contributed by atoms with Crippen molar-refractivity contribution in [1.29, 1.82) is 0 Å². The second kappa shape index (κ2) is 7.93. The normalized spacial score (nSPS) is 35.8. The van der Waals surface area contributed by atoms with E-state index in [9.17, 15) is 4.79 Å². The molecule has 0 unspecified atom stereocenters. The maximum absolute atomic E-state index is 12.7. The minimum atomic E-state index is -0.743. The summed E-state index contributed by atoms with van der Waals surface area (Å²) < 4.78 is 29.0. The molecule has 3 fully saturated rings. The van der Waals surface area contributed by atoms with Crippen LogP contribution in [0.4, 0.5) is 5.69 Å². The van der Waals surface area contributed by atoms with E-state index in [4.69, 9.17) is 23.7 Å². The molecule has 4 aliphatic heterocycles. The molecule has 4 aliphatic rings. The molecule has 1 aromatic carbocycles. The minimum Gasteiger partial charge on any atom is -0.504 e. The van der Waals surface area contributed by atoms with Gasteiger partial charge >= 0.3 is 5.97 Å². The highest BCUT2D eigenvalue weighted by atomic mass is 16.7. The summed E-state index contributed by atoms with van der Waals surface area (Å²) in [5.74, 6) is 0.784. The van der Waals surface area contributed by atoms with Crippen LogP contribution in [0, 0.1) is 11.8 Å². The molecular formula is C24H32N2O6. The number of hydrogen-bond donors (Lipinski definition) is 1. The number of rotatable bonds is 5. The Morgan fingerprint density at radius 3 is 2.88 bits per heavy atom. The molecule has 174 valence electrons. The van der Waals surface area contributed by atoms with Crippen LogP contribution >= 0.6 is 0 Å². The van der Waals surface area contributed by atoms with E-state index in [-0.39, 0.29) is 24.7 Å². The first-order valence-corrected chi connectivity index (χ1v) is 11.3. The Morgan fingerprint density at radius 2 is 2.16 bits per heavy atom. The Labute approximate surface area is 188 Å². The van der Waals surface area contributed by atoms with E-state index in [1.165, 1.54) is 7.11 Å². The van der Waals surface area contributed by atoms with Crippen LogP contribution in [-0.2, 0) is 29.3 Å². The van der Waals surface area contributed by atoms with Crippen molar-refractivity contribution in [2.45, 2.75) is 43.6 Å². The number of nitrogens with one attached hydrogen (secondary N) is 1. The van der Waals surface area contributed by atoms with E-state index in [0.717, 1.165) is 49.4 Å². The first-order chi connectivity index (χ1) is 15.5. The number of benzene rings is 1. The van der Waals surface area contributed by atoms with Gasteiger partial charge in [-0.15, -0.1) is 0 Å². The number of esters is 1. The fourth-order valence-corrected chi connectivity index (χ4v) is 6.53. The lowest BCUT2D eigenvalue weighted by Crippen LogP contribution is -2.71. The molecule has 4 heterocycles. The smallest absolute Gasteiger partial charge is 0.337 e. The van der Waals surface area contributed by atoms with Gasteiger partial charge in [-0.05, 0) is 36.8 Å². The van der Waals surface area contributed by atoms with Crippen molar-refractivity contribution in [3.63, 3.8) is 0 Å². The molecule has 0 saturated carbocycles.